The summed E-state index contributed by atoms with van der Waals surface area (Å²) in [6.45, 7) is 0. The molecule has 0 spiro atoms. The van der Waals surface area contributed by atoms with E-state index in [0.29, 0.717) is 0 Å². The molecule has 4 heteroatoms. The maximum absolute atomic E-state index is 12.0. The monoisotopic (exact) mass is 248 g/mol. The third-order valence-electron chi connectivity index (χ3n) is 2.53. The topological polar surface area (TPSA) is 35.5 Å². The highest BCUT2D eigenvalue weighted by molar-refractivity contribution is 7.56. The van der Waals surface area contributed by atoms with E-state index in [1.54, 1.807) is 0 Å². The van der Waals surface area contributed by atoms with Crippen LogP contribution in [0.3, 0.4) is 0 Å². The predicted octanol–water partition coefficient (Wildman–Crippen LogP) is 3.71. The average molecular weight is 248 g/mol. The van der Waals surface area contributed by atoms with Gasteiger partial charge in [0, 0.05) is 14.2 Å². The molecule has 88 valence electrons. The van der Waals surface area contributed by atoms with Gasteiger partial charge in [-0.2, -0.15) is 0 Å². The zero-order chi connectivity index (χ0) is 12.3. The zero-order valence-corrected chi connectivity index (χ0v) is 10.6. The predicted molar refractivity (Wildman–Crippen MR) is 67.9 cm³/mol. The molecule has 0 saturated heterocycles. The van der Waals surface area contributed by atoms with Gasteiger partial charge >= 0.3 is 7.60 Å². The molecular weight excluding hydrogens is 235 g/mol. The number of hydrogen-bond donors (Lipinski definition) is 0. The number of hydrogen-bond acceptors (Lipinski definition) is 3. The minimum Gasteiger partial charge on any atom is -0.311 e. The summed E-state index contributed by atoms with van der Waals surface area (Å²) in [5.74, 6) is 0. The zero-order valence-electron chi connectivity index (χ0n) is 9.71. The van der Waals surface area contributed by atoms with Gasteiger partial charge in [-0.3, -0.25) is 4.57 Å². The standard InChI is InChI=1S/C13H13O3P/c1-15-17(14,16-2)10-12-8-5-7-11-6-3-4-9-13(11)12/h3-9H,1-2H3. The molecule has 17 heavy (non-hydrogen) atoms. The van der Waals surface area contributed by atoms with Crippen LogP contribution in [0.15, 0.2) is 42.5 Å². The fraction of sp³-hybridized carbons (Fsp3) is 0.154. The molecule has 0 N–H and O–H groups in total. The first kappa shape index (κ1) is 12.3. The molecule has 0 atom stereocenters. The van der Waals surface area contributed by atoms with Crippen LogP contribution in [0.4, 0.5) is 0 Å². The van der Waals surface area contributed by atoms with E-state index >= 15 is 0 Å². The van der Waals surface area contributed by atoms with Gasteiger partial charge < -0.3 is 9.05 Å². The van der Waals surface area contributed by atoms with E-state index in [0.717, 1.165) is 16.3 Å². The molecule has 0 aliphatic rings. The Morgan fingerprint density at radius 3 is 2.35 bits per heavy atom. The lowest BCUT2D eigenvalue weighted by atomic mass is 10.1. The average Bonchev–Trinajstić information content (AvgIpc) is 2.39. The SMILES string of the molecule is COP(=O)([C]c1cccc2ccccc12)OC. The van der Waals surface area contributed by atoms with Gasteiger partial charge in [0.1, 0.15) is 6.16 Å². The Morgan fingerprint density at radius 1 is 1.00 bits per heavy atom. The molecule has 0 aliphatic heterocycles. The Kier molecular flexibility index (Phi) is 3.63. The lowest BCUT2D eigenvalue weighted by Gasteiger charge is -2.13. The lowest BCUT2D eigenvalue weighted by molar-refractivity contribution is 0.283. The van der Waals surface area contributed by atoms with Crippen molar-refractivity contribution in [2.75, 3.05) is 14.2 Å². The Bertz CT molecular complexity index is 552. The highest BCUT2D eigenvalue weighted by Crippen LogP contribution is 2.52. The maximum Gasteiger partial charge on any atom is 0.343 e. The van der Waals surface area contributed by atoms with E-state index in [-0.39, 0.29) is 0 Å². The first-order valence-corrected chi connectivity index (χ1v) is 6.70. The third-order valence-corrected chi connectivity index (χ3v) is 4.00. The van der Waals surface area contributed by atoms with Crippen molar-refractivity contribution >= 4 is 18.4 Å². The Labute approximate surface area is 101 Å². The highest BCUT2D eigenvalue weighted by atomic mass is 31.2. The van der Waals surface area contributed by atoms with Crippen LogP contribution in [0, 0.1) is 6.16 Å². The molecule has 0 bridgehead atoms. The number of fused-ring (bicyclic) bond motifs is 1. The third kappa shape index (κ3) is 2.58. The van der Waals surface area contributed by atoms with Gasteiger partial charge in [-0.15, -0.1) is 0 Å². The van der Waals surface area contributed by atoms with E-state index < -0.39 is 7.60 Å². The summed E-state index contributed by atoms with van der Waals surface area (Å²) < 4.78 is 21.7. The second kappa shape index (κ2) is 5.01. The fourth-order valence-electron chi connectivity index (χ4n) is 1.64. The molecule has 0 aromatic heterocycles. The van der Waals surface area contributed by atoms with Crippen LogP contribution >= 0.6 is 7.60 Å². The highest BCUT2D eigenvalue weighted by Gasteiger charge is 2.24. The van der Waals surface area contributed by atoms with Gasteiger partial charge in [0.05, 0.1) is 0 Å². The summed E-state index contributed by atoms with van der Waals surface area (Å²) in [4.78, 5) is 0. The van der Waals surface area contributed by atoms with E-state index in [1.165, 1.54) is 14.2 Å². The number of rotatable bonds is 4. The molecule has 0 fully saturated rings. The first-order chi connectivity index (χ1) is 8.18. The molecule has 0 aliphatic carbocycles. The van der Waals surface area contributed by atoms with Crippen molar-refractivity contribution in [1.82, 2.24) is 0 Å². The second-order valence-electron chi connectivity index (χ2n) is 3.50. The van der Waals surface area contributed by atoms with Crippen molar-refractivity contribution in [3.63, 3.8) is 0 Å². The van der Waals surface area contributed by atoms with Crippen LogP contribution in [0.2, 0.25) is 0 Å². The van der Waals surface area contributed by atoms with E-state index in [9.17, 15) is 4.57 Å². The van der Waals surface area contributed by atoms with Crippen molar-refractivity contribution in [2.45, 2.75) is 0 Å². The minimum absolute atomic E-state index is 0.732. The van der Waals surface area contributed by atoms with Gasteiger partial charge in [0.2, 0.25) is 0 Å². The number of benzene rings is 2. The molecule has 2 rings (SSSR count). The summed E-state index contributed by atoms with van der Waals surface area (Å²) >= 11 is 0. The van der Waals surface area contributed by atoms with Gasteiger partial charge in [-0.1, -0.05) is 42.5 Å². The van der Waals surface area contributed by atoms with Crippen LogP contribution in [-0.2, 0) is 13.6 Å². The van der Waals surface area contributed by atoms with Gasteiger partial charge in [-0.05, 0) is 16.3 Å². The van der Waals surface area contributed by atoms with Crippen molar-refractivity contribution in [3.8, 4) is 0 Å². The fourth-order valence-corrected chi connectivity index (χ4v) is 2.46. The second-order valence-corrected chi connectivity index (χ2v) is 5.45. The maximum atomic E-state index is 12.0. The van der Waals surface area contributed by atoms with E-state index in [1.807, 2.05) is 42.5 Å². The summed E-state index contributed by atoms with van der Waals surface area (Å²) in [6.07, 6.45) is 2.81. The lowest BCUT2D eigenvalue weighted by Crippen LogP contribution is -1.92. The first-order valence-electron chi connectivity index (χ1n) is 5.16. The van der Waals surface area contributed by atoms with Crippen LogP contribution in [-0.4, -0.2) is 14.2 Å². The Hall–Kier alpha value is -1.15. The van der Waals surface area contributed by atoms with E-state index in [2.05, 4.69) is 6.16 Å². The quantitative estimate of drug-likeness (QED) is 0.773. The van der Waals surface area contributed by atoms with Gasteiger partial charge in [-0.25, -0.2) is 0 Å². The van der Waals surface area contributed by atoms with Crippen molar-refractivity contribution in [1.29, 1.82) is 0 Å². The molecule has 0 heterocycles. The smallest absolute Gasteiger partial charge is 0.311 e. The van der Waals surface area contributed by atoms with E-state index in [4.69, 9.17) is 9.05 Å². The van der Waals surface area contributed by atoms with Gasteiger partial charge in [0.15, 0.2) is 0 Å². The van der Waals surface area contributed by atoms with Crippen LogP contribution < -0.4 is 0 Å². The Morgan fingerprint density at radius 2 is 1.65 bits per heavy atom. The van der Waals surface area contributed by atoms with Gasteiger partial charge in [0.25, 0.3) is 0 Å². The van der Waals surface area contributed by atoms with Crippen LogP contribution in [0.25, 0.3) is 10.8 Å². The largest absolute Gasteiger partial charge is 0.343 e. The molecule has 0 unspecified atom stereocenters. The van der Waals surface area contributed by atoms with Crippen molar-refractivity contribution < 1.29 is 13.6 Å². The summed E-state index contributed by atoms with van der Waals surface area (Å²) in [5.41, 5.74) is 0.732. The summed E-state index contributed by atoms with van der Waals surface area (Å²) in [7, 11) is -0.558. The van der Waals surface area contributed by atoms with Crippen molar-refractivity contribution in [2.24, 2.45) is 0 Å². The molecule has 2 aromatic carbocycles. The molecule has 3 nitrogen and oxygen atoms in total. The summed E-state index contributed by atoms with van der Waals surface area (Å²) in [5, 5.41) is 2.04. The molecule has 0 amide bonds. The Balaban J connectivity index is 2.46. The molecule has 2 aromatic rings. The minimum atomic E-state index is -3.26. The molecular formula is C13H13O3P. The van der Waals surface area contributed by atoms with Crippen LogP contribution in [0.5, 0.6) is 0 Å². The van der Waals surface area contributed by atoms with Crippen LogP contribution in [0.1, 0.15) is 5.56 Å². The normalized spacial score (nSPS) is 11.9. The summed E-state index contributed by atoms with van der Waals surface area (Å²) in [6, 6.07) is 13.5. The van der Waals surface area contributed by atoms with Crippen molar-refractivity contribution in [3.05, 3.63) is 54.2 Å². The molecule has 0 saturated carbocycles. The molecule has 2 radical (unpaired) electrons.